The van der Waals surface area contributed by atoms with Gasteiger partial charge in [0.05, 0.1) is 13.2 Å². The third kappa shape index (κ3) is 7.09. The maximum absolute atomic E-state index is 6.05. The lowest BCUT2D eigenvalue weighted by molar-refractivity contribution is 0.305. The minimum atomic E-state index is 0.773. The summed E-state index contributed by atoms with van der Waals surface area (Å²) in [5.41, 5.74) is 10.1. The SMILES string of the molecule is CCCCCCOc1ccc(-c2cc3c(c(-c4ccc(OCCCCCC)cc4)c2Br)Cc2cccc(Br)c2-3)cc1. The van der Waals surface area contributed by atoms with Gasteiger partial charge >= 0.3 is 0 Å². The Labute approximate surface area is 262 Å². The first-order chi connectivity index (χ1) is 20.1. The van der Waals surface area contributed by atoms with E-state index in [9.17, 15) is 0 Å². The van der Waals surface area contributed by atoms with E-state index in [1.807, 2.05) is 0 Å². The summed E-state index contributed by atoms with van der Waals surface area (Å²) >= 11 is 7.92. The van der Waals surface area contributed by atoms with Crippen LogP contribution in [0.15, 0.2) is 81.7 Å². The lowest BCUT2D eigenvalue weighted by Crippen LogP contribution is -1.98. The topological polar surface area (TPSA) is 18.5 Å². The van der Waals surface area contributed by atoms with Gasteiger partial charge in [0.25, 0.3) is 0 Å². The molecule has 0 unspecified atom stereocenters. The van der Waals surface area contributed by atoms with Crippen LogP contribution in [-0.2, 0) is 6.42 Å². The summed E-state index contributed by atoms with van der Waals surface area (Å²) in [6.07, 6.45) is 10.6. The van der Waals surface area contributed by atoms with Gasteiger partial charge in [-0.3, -0.25) is 0 Å². The van der Waals surface area contributed by atoms with E-state index in [2.05, 4.69) is 119 Å². The van der Waals surface area contributed by atoms with Gasteiger partial charge in [-0.25, -0.2) is 0 Å². The maximum atomic E-state index is 6.05. The summed E-state index contributed by atoms with van der Waals surface area (Å²) in [6.45, 7) is 6.02. The van der Waals surface area contributed by atoms with E-state index in [4.69, 9.17) is 9.47 Å². The predicted molar refractivity (Wildman–Crippen MR) is 180 cm³/mol. The van der Waals surface area contributed by atoms with Crippen molar-refractivity contribution in [2.24, 2.45) is 0 Å². The molecule has 0 heterocycles. The van der Waals surface area contributed by atoms with Crippen LogP contribution in [0.2, 0.25) is 0 Å². The molecule has 4 aromatic rings. The number of hydrogen-bond donors (Lipinski definition) is 0. The third-order valence-electron chi connectivity index (χ3n) is 7.95. The molecule has 4 aromatic carbocycles. The first-order valence-corrected chi connectivity index (χ1v) is 16.8. The number of fused-ring (bicyclic) bond motifs is 3. The normalized spacial score (nSPS) is 11.8. The van der Waals surface area contributed by atoms with Gasteiger partial charge in [0, 0.05) is 14.5 Å². The van der Waals surface area contributed by atoms with Gasteiger partial charge in [-0.1, -0.05) is 105 Å². The molecule has 2 nitrogen and oxygen atoms in total. The highest BCUT2D eigenvalue weighted by molar-refractivity contribution is 9.11. The molecule has 0 spiro atoms. The van der Waals surface area contributed by atoms with Crippen molar-refractivity contribution in [3.63, 3.8) is 0 Å². The summed E-state index contributed by atoms with van der Waals surface area (Å²) in [7, 11) is 0. The highest BCUT2D eigenvalue weighted by Crippen LogP contribution is 2.50. The van der Waals surface area contributed by atoms with Crippen LogP contribution >= 0.6 is 31.9 Å². The van der Waals surface area contributed by atoms with E-state index in [0.29, 0.717) is 0 Å². The van der Waals surface area contributed by atoms with E-state index < -0.39 is 0 Å². The Morgan fingerprint density at radius 1 is 0.610 bits per heavy atom. The van der Waals surface area contributed by atoms with Crippen LogP contribution in [-0.4, -0.2) is 13.2 Å². The Hall–Kier alpha value is -2.56. The molecule has 1 aliphatic carbocycles. The standard InChI is InChI=1S/C37H40Br2O2/c1-3-5-7-9-22-40-29-18-14-26(15-19-29)31-25-33-32(24-28-12-11-13-34(38)35(28)33)36(37(31)39)27-16-20-30(21-17-27)41-23-10-8-6-4-2/h11-21,25H,3-10,22-24H2,1-2H3. The van der Waals surface area contributed by atoms with Crippen LogP contribution in [0.3, 0.4) is 0 Å². The smallest absolute Gasteiger partial charge is 0.119 e. The van der Waals surface area contributed by atoms with Gasteiger partial charge in [-0.15, -0.1) is 0 Å². The number of rotatable bonds is 14. The fraction of sp³-hybridized carbons (Fsp3) is 0.351. The number of unbranched alkanes of at least 4 members (excludes halogenated alkanes) is 6. The quantitative estimate of drug-likeness (QED) is 0.109. The van der Waals surface area contributed by atoms with Crippen molar-refractivity contribution >= 4 is 31.9 Å². The van der Waals surface area contributed by atoms with E-state index in [1.54, 1.807) is 0 Å². The van der Waals surface area contributed by atoms with Crippen molar-refractivity contribution in [1.82, 2.24) is 0 Å². The third-order valence-corrected chi connectivity index (χ3v) is 9.43. The Bertz CT molecular complexity index is 1440. The van der Waals surface area contributed by atoms with Crippen LogP contribution in [0.4, 0.5) is 0 Å². The lowest BCUT2D eigenvalue weighted by Gasteiger charge is -2.18. The maximum Gasteiger partial charge on any atom is 0.119 e. The van der Waals surface area contributed by atoms with E-state index in [1.165, 1.54) is 83.0 Å². The zero-order valence-corrected chi connectivity index (χ0v) is 27.5. The van der Waals surface area contributed by atoms with Crippen LogP contribution < -0.4 is 9.47 Å². The minimum absolute atomic E-state index is 0.773. The fourth-order valence-electron chi connectivity index (χ4n) is 5.71. The number of halogens is 2. The minimum Gasteiger partial charge on any atom is -0.494 e. The molecule has 0 aromatic heterocycles. The molecular formula is C37H40Br2O2. The molecule has 4 heteroatoms. The van der Waals surface area contributed by atoms with Crippen LogP contribution in [0, 0.1) is 0 Å². The predicted octanol–water partition coefficient (Wildman–Crippen LogP) is 12.0. The summed E-state index contributed by atoms with van der Waals surface area (Å²) in [4.78, 5) is 0. The average molecular weight is 677 g/mol. The summed E-state index contributed by atoms with van der Waals surface area (Å²) in [6, 6.07) is 26.1. The molecule has 0 fully saturated rings. The molecule has 214 valence electrons. The molecule has 0 atom stereocenters. The fourth-order valence-corrected chi connectivity index (χ4v) is 7.14. The number of benzene rings is 4. The molecule has 0 N–H and O–H groups in total. The average Bonchev–Trinajstić information content (AvgIpc) is 3.37. The van der Waals surface area contributed by atoms with Gasteiger partial charge in [-0.2, -0.15) is 0 Å². The van der Waals surface area contributed by atoms with Crippen LogP contribution in [0.5, 0.6) is 11.5 Å². The van der Waals surface area contributed by atoms with Crippen LogP contribution in [0.25, 0.3) is 33.4 Å². The Balaban J connectivity index is 1.46. The van der Waals surface area contributed by atoms with Gasteiger partial charge in [0.15, 0.2) is 0 Å². The second-order valence-electron chi connectivity index (χ2n) is 11.0. The second-order valence-corrected chi connectivity index (χ2v) is 12.6. The summed E-state index contributed by atoms with van der Waals surface area (Å²) in [5, 5.41) is 0. The molecule has 0 saturated heterocycles. The van der Waals surface area contributed by atoms with Crippen molar-refractivity contribution in [3.05, 3.63) is 92.9 Å². The Morgan fingerprint density at radius 2 is 1.20 bits per heavy atom. The monoisotopic (exact) mass is 674 g/mol. The molecule has 1 aliphatic rings. The first kappa shape index (κ1) is 29.9. The Morgan fingerprint density at radius 3 is 1.78 bits per heavy atom. The molecule has 0 aliphatic heterocycles. The highest BCUT2D eigenvalue weighted by Gasteiger charge is 2.27. The Kier molecular flexibility index (Phi) is 10.6. The lowest BCUT2D eigenvalue weighted by atomic mass is 9.90. The largest absolute Gasteiger partial charge is 0.494 e. The van der Waals surface area contributed by atoms with Crippen molar-refractivity contribution in [1.29, 1.82) is 0 Å². The molecular weight excluding hydrogens is 636 g/mol. The zero-order valence-electron chi connectivity index (χ0n) is 24.3. The van der Waals surface area contributed by atoms with Gasteiger partial charge < -0.3 is 9.47 Å². The van der Waals surface area contributed by atoms with Gasteiger partial charge in [-0.05, 0) is 111 Å². The molecule has 0 amide bonds. The first-order valence-electron chi connectivity index (χ1n) is 15.2. The van der Waals surface area contributed by atoms with Gasteiger partial charge in [0.2, 0.25) is 0 Å². The van der Waals surface area contributed by atoms with Crippen LogP contribution in [0.1, 0.15) is 76.3 Å². The second kappa shape index (κ2) is 14.6. The van der Waals surface area contributed by atoms with Crippen molar-refractivity contribution in [2.45, 2.75) is 71.6 Å². The van der Waals surface area contributed by atoms with Crippen molar-refractivity contribution < 1.29 is 9.47 Å². The molecule has 0 radical (unpaired) electrons. The van der Waals surface area contributed by atoms with Crippen molar-refractivity contribution in [3.8, 4) is 44.9 Å². The summed E-state index contributed by atoms with van der Waals surface area (Å²) < 4.78 is 14.4. The molecule has 0 saturated carbocycles. The van der Waals surface area contributed by atoms with E-state index in [0.717, 1.165) is 52.9 Å². The summed E-state index contributed by atoms with van der Waals surface area (Å²) in [5.74, 6) is 1.87. The molecule has 5 rings (SSSR count). The zero-order chi connectivity index (χ0) is 28.6. The molecule has 0 bridgehead atoms. The van der Waals surface area contributed by atoms with E-state index >= 15 is 0 Å². The van der Waals surface area contributed by atoms with Crippen molar-refractivity contribution in [2.75, 3.05) is 13.2 Å². The number of ether oxygens (including phenoxy) is 2. The van der Waals surface area contributed by atoms with E-state index in [-0.39, 0.29) is 0 Å². The number of hydrogen-bond acceptors (Lipinski definition) is 2. The highest BCUT2D eigenvalue weighted by atomic mass is 79.9. The molecule has 41 heavy (non-hydrogen) atoms. The van der Waals surface area contributed by atoms with Gasteiger partial charge in [0.1, 0.15) is 11.5 Å².